The summed E-state index contributed by atoms with van der Waals surface area (Å²) in [7, 11) is 0. The third-order valence-corrected chi connectivity index (χ3v) is 3.82. The molecule has 0 amide bonds. The van der Waals surface area contributed by atoms with Crippen LogP contribution in [0.25, 0.3) is 5.69 Å². The summed E-state index contributed by atoms with van der Waals surface area (Å²) in [6.45, 7) is 9.79. The largest absolute Gasteiger partial charge is 0.313 e. The van der Waals surface area contributed by atoms with E-state index in [2.05, 4.69) is 24.3 Å². The molecule has 4 heteroatoms. The highest BCUT2D eigenvalue weighted by molar-refractivity contribution is 5.45. The molecule has 114 valence electrons. The summed E-state index contributed by atoms with van der Waals surface area (Å²) in [4.78, 5) is 0. The molecular weight excluding hydrogens is 265 g/mol. The van der Waals surface area contributed by atoms with Crippen molar-refractivity contribution in [1.29, 1.82) is 0 Å². The minimum absolute atomic E-state index is 0.223. The minimum Gasteiger partial charge on any atom is -0.313 e. The van der Waals surface area contributed by atoms with Gasteiger partial charge in [-0.3, -0.25) is 0 Å². The highest BCUT2D eigenvalue weighted by atomic mass is 19.1. The average Bonchev–Trinajstić information content (AvgIpc) is 2.74. The lowest BCUT2D eigenvalue weighted by Gasteiger charge is -2.13. The monoisotopic (exact) mass is 289 g/mol. The van der Waals surface area contributed by atoms with Crippen LogP contribution in [-0.2, 0) is 13.0 Å². The number of para-hydroxylation sites is 1. The molecule has 0 spiro atoms. The zero-order valence-corrected chi connectivity index (χ0v) is 13.3. The van der Waals surface area contributed by atoms with Crippen molar-refractivity contribution in [3.05, 3.63) is 46.5 Å². The number of benzene rings is 1. The van der Waals surface area contributed by atoms with Crippen LogP contribution >= 0.6 is 0 Å². The van der Waals surface area contributed by atoms with Gasteiger partial charge in [0.2, 0.25) is 0 Å². The fraction of sp³-hybridized carbons (Fsp3) is 0.471. The van der Waals surface area contributed by atoms with Gasteiger partial charge in [-0.15, -0.1) is 0 Å². The molecule has 0 fully saturated rings. The Morgan fingerprint density at radius 1 is 1.24 bits per heavy atom. The van der Waals surface area contributed by atoms with Gasteiger partial charge in [0, 0.05) is 12.2 Å². The highest BCUT2D eigenvalue weighted by Gasteiger charge is 2.17. The molecule has 0 saturated heterocycles. The van der Waals surface area contributed by atoms with Gasteiger partial charge in [-0.2, -0.15) is 5.10 Å². The molecule has 0 bridgehead atoms. The zero-order chi connectivity index (χ0) is 15.4. The minimum atomic E-state index is -0.223. The Bertz CT molecular complexity index is 617. The van der Waals surface area contributed by atoms with Crippen LogP contribution in [-0.4, -0.2) is 16.3 Å². The zero-order valence-electron chi connectivity index (χ0n) is 13.3. The van der Waals surface area contributed by atoms with Gasteiger partial charge in [0.15, 0.2) is 0 Å². The quantitative estimate of drug-likeness (QED) is 0.822. The molecule has 1 heterocycles. The molecule has 0 saturated carbocycles. The molecule has 1 aromatic carbocycles. The molecule has 1 aromatic heterocycles. The van der Waals surface area contributed by atoms with Gasteiger partial charge in [-0.25, -0.2) is 9.07 Å². The van der Waals surface area contributed by atoms with Crippen LogP contribution in [0.3, 0.4) is 0 Å². The fourth-order valence-corrected chi connectivity index (χ4v) is 2.74. The first kappa shape index (κ1) is 15.7. The number of hydrogen-bond acceptors (Lipinski definition) is 2. The van der Waals surface area contributed by atoms with E-state index < -0.39 is 0 Å². The van der Waals surface area contributed by atoms with Crippen LogP contribution in [0.2, 0.25) is 0 Å². The van der Waals surface area contributed by atoms with E-state index in [1.54, 1.807) is 10.7 Å². The Balaban J connectivity index is 2.47. The second-order valence-corrected chi connectivity index (χ2v) is 5.34. The van der Waals surface area contributed by atoms with Crippen molar-refractivity contribution in [3.63, 3.8) is 0 Å². The lowest BCUT2D eigenvalue weighted by molar-refractivity contribution is 0.597. The van der Waals surface area contributed by atoms with Crippen LogP contribution in [0.15, 0.2) is 18.2 Å². The third kappa shape index (κ3) is 3.16. The molecule has 0 unspecified atom stereocenters. The number of aryl methyl sites for hydroxylation is 1. The Morgan fingerprint density at radius 2 is 2.00 bits per heavy atom. The SMILES string of the molecule is CCCNCc1cccc(F)c1-n1nc(C)c(CC)c1C. The van der Waals surface area contributed by atoms with Crippen molar-refractivity contribution in [1.82, 2.24) is 15.1 Å². The molecule has 0 aliphatic carbocycles. The number of hydrogen-bond donors (Lipinski definition) is 1. The maximum atomic E-state index is 14.4. The van der Waals surface area contributed by atoms with E-state index in [1.807, 2.05) is 19.9 Å². The van der Waals surface area contributed by atoms with Crippen LogP contribution in [0, 0.1) is 19.7 Å². The van der Waals surface area contributed by atoms with Crippen molar-refractivity contribution in [2.24, 2.45) is 0 Å². The Morgan fingerprint density at radius 3 is 2.62 bits per heavy atom. The Hall–Kier alpha value is -1.68. The normalized spacial score (nSPS) is 11.1. The van der Waals surface area contributed by atoms with E-state index in [1.165, 1.54) is 11.6 Å². The van der Waals surface area contributed by atoms with Crippen molar-refractivity contribution >= 4 is 0 Å². The van der Waals surface area contributed by atoms with Crippen molar-refractivity contribution in [2.75, 3.05) is 6.54 Å². The first-order valence-corrected chi connectivity index (χ1v) is 7.63. The summed E-state index contributed by atoms with van der Waals surface area (Å²) in [5, 5.41) is 7.89. The van der Waals surface area contributed by atoms with Crippen LogP contribution < -0.4 is 5.32 Å². The molecule has 21 heavy (non-hydrogen) atoms. The Labute approximate surface area is 126 Å². The van der Waals surface area contributed by atoms with Crippen LogP contribution in [0.4, 0.5) is 4.39 Å². The van der Waals surface area contributed by atoms with Crippen LogP contribution in [0.5, 0.6) is 0 Å². The molecule has 0 aliphatic rings. The van der Waals surface area contributed by atoms with E-state index in [9.17, 15) is 4.39 Å². The number of aromatic nitrogens is 2. The smallest absolute Gasteiger partial charge is 0.149 e. The maximum Gasteiger partial charge on any atom is 0.149 e. The van der Waals surface area contributed by atoms with Gasteiger partial charge in [0.25, 0.3) is 0 Å². The standard InChI is InChI=1S/C17H24FN3/c1-5-10-19-11-14-8-7-9-16(18)17(14)21-13(4)15(6-2)12(3)20-21/h7-9,19H,5-6,10-11H2,1-4H3. The first-order valence-electron chi connectivity index (χ1n) is 7.63. The fourth-order valence-electron chi connectivity index (χ4n) is 2.74. The van der Waals surface area contributed by atoms with E-state index in [-0.39, 0.29) is 5.82 Å². The van der Waals surface area contributed by atoms with E-state index in [0.29, 0.717) is 12.2 Å². The summed E-state index contributed by atoms with van der Waals surface area (Å²) in [6, 6.07) is 5.22. The van der Waals surface area contributed by atoms with Gasteiger partial charge in [-0.05, 0) is 50.4 Å². The molecule has 1 N–H and O–H groups in total. The lowest BCUT2D eigenvalue weighted by atomic mass is 10.1. The van der Waals surface area contributed by atoms with Gasteiger partial charge in [0.1, 0.15) is 11.5 Å². The van der Waals surface area contributed by atoms with Crippen LogP contribution in [0.1, 0.15) is 42.8 Å². The molecule has 2 aromatic rings. The number of rotatable bonds is 6. The molecule has 2 rings (SSSR count). The number of halogens is 1. The topological polar surface area (TPSA) is 29.9 Å². The summed E-state index contributed by atoms with van der Waals surface area (Å²) >= 11 is 0. The van der Waals surface area contributed by atoms with Crippen molar-refractivity contribution in [3.8, 4) is 5.69 Å². The molecule has 3 nitrogen and oxygen atoms in total. The summed E-state index contributed by atoms with van der Waals surface area (Å²) in [5.41, 5.74) is 4.71. The maximum absolute atomic E-state index is 14.4. The van der Waals surface area contributed by atoms with Crippen molar-refractivity contribution < 1.29 is 4.39 Å². The van der Waals surface area contributed by atoms with Gasteiger partial charge in [0.05, 0.1) is 5.69 Å². The first-order chi connectivity index (χ1) is 10.1. The summed E-state index contributed by atoms with van der Waals surface area (Å²) < 4.78 is 16.1. The second-order valence-electron chi connectivity index (χ2n) is 5.34. The Kier molecular flexibility index (Phi) is 5.12. The van der Waals surface area contributed by atoms with Gasteiger partial charge < -0.3 is 5.32 Å². The summed E-state index contributed by atoms with van der Waals surface area (Å²) in [5.74, 6) is -0.223. The third-order valence-electron chi connectivity index (χ3n) is 3.82. The van der Waals surface area contributed by atoms with Gasteiger partial charge >= 0.3 is 0 Å². The molecular formula is C17H24FN3. The predicted molar refractivity (Wildman–Crippen MR) is 84.4 cm³/mol. The van der Waals surface area contributed by atoms with E-state index in [0.717, 1.165) is 36.3 Å². The van der Waals surface area contributed by atoms with E-state index in [4.69, 9.17) is 0 Å². The second kappa shape index (κ2) is 6.85. The number of nitrogens with zero attached hydrogens (tertiary/aromatic N) is 2. The van der Waals surface area contributed by atoms with Gasteiger partial charge in [-0.1, -0.05) is 26.0 Å². The molecule has 0 radical (unpaired) electrons. The predicted octanol–water partition coefficient (Wildman–Crippen LogP) is 3.69. The van der Waals surface area contributed by atoms with E-state index >= 15 is 0 Å². The molecule has 0 atom stereocenters. The summed E-state index contributed by atoms with van der Waals surface area (Å²) in [6.07, 6.45) is 1.97. The highest BCUT2D eigenvalue weighted by Crippen LogP contribution is 2.23. The van der Waals surface area contributed by atoms with Crippen molar-refractivity contribution in [2.45, 2.75) is 47.1 Å². The number of nitrogens with one attached hydrogen (secondary N) is 1. The average molecular weight is 289 g/mol. The molecule has 0 aliphatic heterocycles. The lowest BCUT2D eigenvalue weighted by Crippen LogP contribution is -2.17.